The minimum absolute atomic E-state index is 0.260. The van der Waals surface area contributed by atoms with Gasteiger partial charge in [0.15, 0.2) is 0 Å². The summed E-state index contributed by atoms with van der Waals surface area (Å²) in [6, 6.07) is 16.2. The first-order valence-electron chi connectivity index (χ1n) is 7.22. The summed E-state index contributed by atoms with van der Waals surface area (Å²) in [6.45, 7) is 0.604. The van der Waals surface area contributed by atoms with E-state index in [1.807, 2.05) is 36.0 Å². The van der Waals surface area contributed by atoms with Crippen LogP contribution in [0.2, 0.25) is 0 Å². The molecule has 0 heterocycles. The standard InChI is InChI=1S/C18H17NO3S/c19-12-14-2-4-15(5-3-14)13-23-11-1-10-22-17-8-6-16(7-9-17)18(20)21/h2-9H,1,10-11,13H2,(H,20,21). The Hall–Kier alpha value is -2.45. The molecular weight excluding hydrogens is 310 g/mol. The van der Waals surface area contributed by atoms with Gasteiger partial charge in [-0.15, -0.1) is 0 Å². The number of aromatic carboxylic acids is 1. The summed E-state index contributed by atoms with van der Waals surface area (Å²) < 4.78 is 5.58. The summed E-state index contributed by atoms with van der Waals surface area (Å²) in [6.07, 6.45) is 0.918. The Bertz CT molecular complexity index is 675. The molecular formula is C18H17NO3S. The van der Waals surface area contributed by atoms with Gasteiger partial charge in [0.2, 0.25) is 0 Å². The van der Waals surface area contributed by atoms with Crippen molar-refractivity contribution in [3.05, 3.63) is 65.2 Å². The molecule has 2 rings (SSSR count). The number of rotatable bonds is 8. The molecule has 0 saturated carbocycles. The molecule has 5 heteroatoms. The maximum absolute atomic E-state index is 10.7. The zero-order valence-electron chi connectivity index (χ0n) is 12.6. The maximum Gasteiger partial charge on any atom is 0.335 e. The van der Waals surface area contributed by atoms with Crippen molar-refractivity contribution in [1.82, 2.24) is 0 Å². The number of carboxylic acid groups (broad SMARTS) is 1. The monoisotopic (exact) mass is 327 g/mol. The number of carbonyl (C=O) groups is 1. The van der Waals surface area contributed by atoms with E-state index in [0.29, 0.717) is 17.9 Å². The van der Waals surface area contributed by atoms with Crippen LogP contribution in [-0.2, 0) is 5.75 Å². The molecule has 0 aliphatic rings. The minimum Gasteiger partial charge on any atom is -0.494 e. The highest BCUT2D eigenvalue weighted by atomic mass is 32.2. The molecule has 0 aromatic heterocycles. The second kappa shape index (κ2) is 8.86. The third-order valence-corrected chi connectivity index (χ3v) is 4.27. The number of nitriles is 1. The lowest BCUT2D eigenvalue weighted by Crippen LogP contribution is -2.00. The molecule has 0 spiro atoms. The molecule has 1 N–H and O–H groups in total. The average molecular weight is 327 g/mol. The van der Waals surface area contributed by atoms with Crippen LogP contribution in [0, 0.1) is 11.3 Å². The van der Waals surface area contributed by atoms with Gasteiger partial charge >= 0.3 is 5.97 Å². The molecule has 0 atom stereocenters. The predicted molar refractivity (Wildman–Crippen MR) is 90.8 cm³/mol. The van der Waals surface area contributed by atoms with E-state index in [9.17, 15) is 4.79 Å². The number of nitrogens with zero attached hydrogens (tertiary/aromatic N) is 1. The van der Waals surface area contributed by atoms with Crippen LogP contribution in [-0.4, -0.2) is 23.4 Å². The SMILES string of the molecule is N#Cc1ccc(CSCCCOc2ccc(C(=O)O)cc2)cc1. The highest BCUT2D eigenvalue weighted by Crippen LogP contribution is 2.15. The molecule has 0 radical (unpaired) electrons. The summed E-state index contributed by atoms with van der Waals surface area (Å²) in [7, 11) is 0. The van der Waals surface area contributed by atoms with Gasteiger partial charge in [-0.1, -0.05) is 12.1 Å². The van der Waals surface area contributed by atoms with Gasteiger partial charge in [-0.3, -0.25) is 0 Å². The van der Waals surface area contributed by atoms with Gasteiger partial charge in [0, 0.05) is 5.75 Å². The lowest BCUT2D eigenvalue weighted by Gasteiger charge is -2.06. The molecule has 0 bridgehead atoms. The molecule has 23 heavy (non-hydrogen) atoms. The lowest BCUT2D eigenvalue weighted by molar-refractivity contribution is 0.0697. The topological polar surface area (TPSA) is 70.3 Å². The Balaban J connectivity index is 1.62. The van der Waals surface area contributed by atoms with Crippen LogP contribution in [0.3, 0.4) is 0 Å². The van der Waals surface area contributed by atoms with Gasteiger partial charge in [0.1, 0.15) is 5.75 Å². The molecule has 0 aliphatic carbocycles. The number of carboxylic acids is 1. The highest BCUT2D eigenvalue weighted by Gasteiger charge is 2.02. The van der Waals surface area contributed by atoms with Crippen LogP contribution < -0.4 is 4.74 Å². The molecule has 2 aromatic carbocycles. The fraction of sp³-hybridized carbons (Fsp3) is 0.222. The van der Waals surface area contributed by atoms with E-state index >= 15 is 0 Å². The number of benzene rings is 2. The Kier molecular flexibility index (Phi) is 6.52. The van der Waals surface area contributed by atoms with E-state index in [4.69, 9.17) is 15.1 Å². The maximum atomic E-state index is 10.7. The summed E-state index contributed by atoms with van der Waals surface area (Å²) in [5.41, 5.74) is 2.15. The van der Waals surface area contributed by atoms with Crippen LogP contribution in [0.4, 0.5) is 0 Å². The lowest BCUT2D eigenvalue weighted by atomic mass is 10.2. The van der Waals surface area contributed by atoms with Crippen molar-refractivity contribution in [2.45, 2.75) is 12.2 Å². The normalized spacial score (nSPS) is 10.0. The number of hydrogen-bond acceptors (Lipinski definition) is 4. The summed E-state index contributed by atoms with van der Waals surface area (Å²) >= 11 is 1.82. The Labute approximate surface area is 139 Å². The predicted octanol–water partition coefficient (Wildman–Crippen LogP) is 3.96. The molecule has 0 unspecified atom stereocenters. The number of thioether (sulfide) groups is 1. The third kappa shape index (κ3) is 5.68. The molecule has 0 saturated heterocycles. The van der Waals surface area contributed by atoms with Gasteiger partial charge < -0.3 is 9.84 Å². The van der Waals surface area contributed by atoms with E-state index in [2.05, 4.69) is 6.07 Å². The van der Waals surface area contributed by atoms with Crippen LogP contribution in [0.5, 0.6) is 5.75 Å². The van der Waals surface area contributed by atoms with E-state index in [1.54, 1.807) is 12.1 Å². The van der Waals surface area contributed by atoms with Gasteiger partial charge in [-0.05, 0) is 54.1 Å². The molecule has 0 aliphatic heterocycles. The smallest absolute Gasteiger partial charge is 0.335 e. The van der Waals surface area contributed by atoms with Gasteiger partial charge in [0.25, 0.3) is 0 Å². The average Bonchev–Trinajstić information content (AvgIpc) is 2.59. The zero-order valence-corrected chi connectivity index (χ0v) is 13.4. The van der Waals surface area contributed by atoms with Gasteiger partial charge in [0.05, 0.1) is 23.8 Å². The van der Waals surface area contributed by atoms with Crippen molar-refractivity contribution >= 4 is 17.7 Å². The van der Waals surface area contributed by atoms with E-state index in [-0.39, 0.29) is 5.56 Å². The third-order valence-electron chi connectivity index (χ3n) is 3.15. The van der Waals surface area contributed by atoms with Crippen LogP contribution >= 0.6 is 11.8 Å². The van der Waals surface area contributed by atoms with Crippen LogP contribution in [0.25, 0.3) is 0 Å². The summed E-state index contributed by atoms with van der Waals surface area (Å²) in [4.78, 5) is 10.7. The summed E-state index contributed by atoms with van der Waals surface area (Å²) in [5, 5.41) is 17.6. The second-order valence-corrected chi connectivity index (χ2v) is 6.00. The number of hydrogen-bond donors (Lipinski definition) is 1. The Morgan fingerprint density at radius 3 is 2.43 bits per heavy atom. The van der Waals surface area contributed by atoms with Crippen LogP contribution in [0.15, 0.2) is 48.5 Å². The van der Waals surface area contributed by atoms with Crippen molar-refractivity contribution < 1.29 is 14.6 Å². The fourth-order valence-corrected chi connectivity index (χ4v) is 2.80. The molecule has 4 nitrogen and oxygen atoms in total. The number of ether oxygens (including phenoxy) is 1. The van der Waals surface area contributed by atoms with Crippen molar-refractivity contribution in [2.24, 2.45) is 0 Å². The second-order valence-electron chi connectivity index (χ2n) is 4.89. The molecule has 118 valence electrons. The molecule has 0 amide bonds. The minimum atomic E-state index is -0.934. The zero-order chi connectivity index (χ0) is 16.5. The summed E-state index contributed by atoms with van der Waals surface area (Å²) in [5.74, 6) is 1.65. The van der Waals surface area contributed by atoms with Crippen molar-refractivity contribution in [3.8, 4) is 11.8 Å². The molecule has 0 fully saturated rings. The fourth-order valence-electron chi connectivity index (χ4n) is 1.91. The van der Waals surface area contributed by atoms with Crippen molar-refractivity contribution in [2.75, 3.05) is 12.4 Å². The van der Waals surface area contributed by atoms with Gasteiger partial charge in [-0.2, -0.15) is 17.0 Å². The first kappa shape index (κ1) is 16.9. The van der Waals surface area contributed by atoms with Crippen molar-refractivity contribution in [1.29, 1.82) is 5.26 Å². The van der Waals surface area contributed by atoms with Crippen molar-refractivity contribution in [3.63, 3.8) is 0 Å². The largest absolute Gasteiger partial charge is 0.494 e. The molecule has 2 aromatic rings. The Morgan fingerprint density at radius 2 is 1.83 bits per heavy atom. The first-order chi connectivity index (χ1) is 11.2. The highest BCUT2D eigenvalue weighted by molar-refractivity contribution is 7.98. The quantitative estimate of drug-likeness (QED) is 0.743. The van der Waals surface area contributed by atoms with E-state index in [0.717, 1.165) is 17.9 Å². The van der Waals surface area contributed by atoms with Gasteiger partial charge in [-0.25, -0.2) is 4.79 Å². The van der Waals surface area contributed by atoms with E-state index < -0.39 is 5.97 Å². The Morgan fingerprint density at radius 1 is 1.13 bits per heavy atom. The van der Waals surface area contributed by atoms with Crippen LogP contribution in [0.1, 0.15) is 27.9 Å². The van der Waals surface area contributed by atoms with E-state index in [1.165, 1.54) is 17.7 Å². The first-order valence-corrected chi connectivity index (χ1v) is 8.37.